The Morgan fingerprint density at radius 2 is 2.35 bits per heavy atom. The topological polar surface area (TPSA) is 48.7 Å². The molecule has 1 aliphatic heterocycles. The first kappa shape index (κ1) is 15.1. The molecule has 1 unspecified atom stereocenters. The van der Waals surface area contributed by atoms with Crippen molar-refractivity contribution in [2.24, 2.45) is 5.92 Å². The Morgan fingerprint density at radius 3 is 3.00 bits per heavy atom. The summed E-state index contributed by atoms with van der Waals surface area (Å²) in [5.74, 6) is 1.62. The number of amides is 1. The molecule has 0 aliphatic carbocycles. The summed E-state index contributed by atoms with van der Waals surface area (Å²) in [6, 6.07) is 3.73. The molecule has 1 aliphatic rings. The van der Waals surface area contributed by atoms with Gasteiger partial charge in [-0.25, -0.2) is 0 Å². The first-order valence-electron chi connectivity index (χ1n) is 7.30. The third-order valence-corrected chi connectivity index (χ3v) is 3.77. The Kier molecular flexibility index (Phi) is 5.61. The molecule has 20 heavy (non-hydrogen) atoms. The van der Waals surface area contributed by atoms with Crippen LogP contribution in [-0.2, 0) is 11.3 Å². The molecule has 1 aromatic heterocycles. The summed E-state index contributed by atoms with van der Waals surface area (Å²) in [5, 5.41) is 3.41. The SMILES string of the molecule is CN(CC(=O)N(C)Cc1ccco1)CC1CCCNC1. The Balaban J connectivity index is 1.72. The fourth-order valence-corrected chi connectivity index (χ4v) is 2.66. The number of hydrogen-bond acceptors (Lipinski definition) is 4. The van der Waals surface area contributed by atoms with Crippen LogP contribution in [0.5, 0.6) is 0 Å². The second-order valence-corrected chi connectivity index (χ2v) is 5.74. The van der Waals surface area contributed by atoms with E-state index in [0.29, 0.717) is 19.0 Å². The molecule has 5 heteroatoms. The third-order valence-electron chi connectivity index (χ3n) is 3.77. The van der Waals surface area contributed by atoms with Gasteiger partial charge in [-0.3, -0.25) is 9.69 Å². The molecule has 1 aromatic rings. The number of nitrogens with zero attached hydrogens (tertiary/aromatic N) is 2. The predicted octanol–water partition coefficient (Wildman–Crippen LogP) is 1.17. The molecule has 0 aromatic carbocycles. The lowest BCUT2D eigenvalue weighted by Crippen LogP contribution is -2.41. The number of furan rings is 1. The van der Waals surface area contributed by atoms with E-state index < -0.39 is 0 Å². The van der Waals surface area contributed by atoms with E-state index in [1.165, 1.54) is 12.8 Å². The quantitative estimate of drug-likeness (QED) is 0.849. The van der Waals surface area contributed by atoms with Crippen LogP contribution in [-0.4, -0.2) is 56.0 Å². The van der Waals surface area contributed by atoms with Crippen molar-refractivity contribution in [3.8, 4) is 0 Å². The summed E-state index contributed by atoms with van der Waals surface area (Å²) >= 11 is 0. The van der Waals surface area contributed by atoms with E-state index in [9.17, 15) is 4.79 Å². The van der Waals surface area contributed by atoms with Gasteiger partial charge < -0.3 is 14.6 Å². The Hall–Kier alpha value is -1.33. The maximum absolute atomic E-state index is 12.1. The molecule has 1 N–H and O–H groups in total. The molecule has 0 radical (unpaired) electrons. The summed E-state index contributed by atoms with van der Waals surface area (Å²) in [6.45, 7) is 4.18. The number of piperidine rings is 1. The maximum atomic E-state index is 12.1. The van der Waals surface area contributed by atoms with Crippen molar-refractivity contribution in [1.82, 2.24) is 15.1 Å². The molecule has 2 heterocycles. The van der Waals surface area contributed by atoms with E-state index >= 15 is 0 Å². The number of rotatable bonds is 6. The molecular weight excluding hydrogens is 254 g/mol. The van der Waals surface area contributed by atoms with Crippen LogP contribution in [0, 0.1) is 5.92 Å². The van der Waals surface area contributed by atoms with Gasteiger partial charge in [0.1, 0.15) is 5.76 Å². The van der Waals surface area contributed by atoms with E-state index in [-0.39, 0.29) is 5.91 Å². The minimum absolute atomic E-state index is 0.132. The van der Waals surface area contributed by atoms with Crippen LogP contribution in [0.15, 0.2) is 22.8 Å². The second-order valence-electron chi connectivity index (χ2n) is 5.74. The number of carbonyl (C=O) groups is 1. The van der Waals surface area contributed by atoms with Crippen molar-refractivity contribution in [3.05, 3.63) is 24.2 Å². The van der Waals surface area contributed by atoms with Crippen molar-refractivity contribution in [3.63, 3.8) is 0 Å². The molecular formula is C15H25N3O2. The average molecular weight is 279 g/mol. The van der Waals surface area contributed by atoms with Crippen LogP contribution >= 0.6 is 0 Å². The van der Waals surface area contributed by atoms with E-state index in [0.717, 1.165) is 25.4 Å². The predicted molar refractivity (Wildman–Crippen MR) is 78.3 cm³/mol. The highest BCUT2D eigenvalue weighted by Gasteiger charge is 2.18. The molecule has 0 spiro atoms. The highest BCUT2D eigenvalue weighted by molar-refractivity contribution is 5.77. The lowest BCUT2D eigenvalue weighted by molar-refractivity contribution is -0.131. The number of nitrogens with one attached hydrogen (secondary N) is 1. The smallest absolute Gasteiger partial charge is 0.236 e. The first-order chi connectivity index (χ1) is 9.65. The second kappa shape index (κ2) is 7.45. The van der Waals surface area contributed by atoms with Crippen molar-refractivity contribution >= 4 is 5.91 Å². The lowest BCUT2D eigenvalue weighted by Gasteiger charge is -2.28. The molecule has 0 saturated carbocycles. The van der Waals surface area contributed by atoms with E-state index in [1.807, 2.05) is 26.2 Å². The van der Waals surface area contributed by atoms with Gasteiger partial charge in [0.25, 0.3) is 0 Å². The van der Waals surface area contributed by atoms with Crippen molar-refractivity contribution in [2.45, 2.75) is 19.4 Å². The van der Waals surface area contributed by atoms with Crippen LogP contribution < -0.4 is 5.32 Å². The van der Waals surface area contributed by atoms with Gasteiger partial charge in [0, 0.05) is 13.6 Å². The number of hydrogen-bond donors (Lipinski definition) is 1. The summed E-state index contributed by atoms with van der Waals surface area (Å²) < 4.78 is 5.27. The summed E-state index contributed by atoms with van der Waals surface area (Å²) in [7, 11) is 3.84. The van der Waals surface area contributed by atoms with E-state index in [2.05, 4.69) is 10.2 Å². The third kappa shape index (κ3) is 4.65. The van der Waals surface area contributed by atoms with Crippen molar-refractivity contribution in [1.29, 1.82) is 0 Å². The Morgan fingerprint density at radius 1 is 1.50 bits per heavy atom. The molecule has 2 rings (SSSR count). The lowest BCUT2D eigenvalue weighted by atomic mass is 9.99. The average Bonchev–Trinajstić information content (AvgIpc) is 2.92. The number of likely N-dealkylation sites (N-methyl/N-ethyl adjacent to an activating group) is 2. The van der Waals surface area contributed by atoms with Crippen molar-refractivity contribution in [2.75, 3.05) is 40.3 Å². The van der Waals surface area contributed by atoms with Crippen molar-refractivity contribution < 1.29 is 9.21 Å². The maximum Gasteiger partial charge on any atom is 0.236 e. The fourth-order valence-electron chi connectivity index (χ4n) is 2.66. The zero-order valence-electron chi connectivity index (χ0n) is 12.5. The largest absolute Gasteiger partial charge is 0.467 e. The molecule has 1 amide bonds. The number of carbonyl (C=O) groups excluding carboxylic acids is 1. The summed E-state index contributed by atoms with van der Waals surface area (Å²) in [6.07, 6.45) is 4.13. The van der Waals surface area contributed by atoms with Gasteiger partial charge in [-0.2, -0.15) is 0 Å². The zero-order chi connectivity index (χ0) is 14.4. The van der Waals surface area contributed by atoms with Crippen LogP contribution in [0.2, 0.25) is 0 Å². The molecule has 5 nitrogen and oxygen atoms in total. The molecule has 1 atom stereocenters. The van der Waals surface area contributed by atoms with Gasteiger partial charge in [-0.15, -0.1) is 0 Å². The zero-order valence-corrected chi connectivity index (χ0v) is 12.5. The van der Waals surface area contributed by atoms with Gasteiger partial charge in [0.15, 0.2) is 0 Å². The molecule has 0 bridgehead atoms. The standard InChI is InChI=1S/C15H25N3O2/c1-17(10-13-5-3-7-16-9-13)12-15(19)18(2)11-14-6-4-8-20-14/h4,6,8,13,16H,3,5,7,9-12H2,1-2H3. The Bertz CT molecular complexity index is 399. The van der Waals surface area contributed by atoms with E-state index in [4.69, 9.17) is 4.42 Å². The van der Waals surface area contributed by atoms with Crippen LogP contribution in [0.25, 0.3) is 0 Å². The summed E-state index contributed by atoms with van der Waals surface area (Å²) in [5.41, 5.74) is 0. The molecule has 112 valence electrons. The first-order valence-corrected chi connectivity index (χ1v) is 7.30. The Labute approximate surface area is 120 Å². The molecule has 1 fully saturated rings. The highest BCUT2D eigenvalue weighted by Crippen LogP contribution is 2.11. The minimum Gasteiger partial charge on any atom is -0.467 e. The molecule has 1 saturated heterocycles. The minimum atomic E-state index is 0.132. The van der Waals surface area contributed by atoms with Crippen LogP contribution in [0.1, 0.15) is 18.6 Å². The van der Waals surface area contributed by atoms with Gasteiger partial charge in [0.2, 0.25) is 5.91 Å². The summed E-state index contributed by atoms with van der Waals surface area (Å²) in [4.78, 5) is 16.0. The van der Waals surface area contributed by atoms with Gasteiger partial charge in [-0.05, 0) is 51.0 Å². The fraction of sp³-hybridized carbons (Fsp3) is 0.667. The monoisotopic (exact) mass is 279 g/mol. The van der Waals surface area contributed by atoms with Crippen LogP contribution in [0.4, 0.5) is 0 Å². The van der Waals surface area contributed by atoms with Gasteiger partial charge >= 0.3 is 0 Å². The van der Waals surface area contributed by atoms with E-state index in [1.54, 1.807) is 11.2 Å². The normalized spacial score (nSPS) is 19.2. The van der Waals surface area contributed by atoms with Crippen LogP contribution in [0.3, 0.4) is 0 Å². The van der Waals surface area contributed by atoms with Gasteiger partial charge in [0.05, 0.1) is 19.4 Å². The van der Waals surface area contributed by atoms with Gasteiger partial charge in [-0.1, -0.05) is 0 Å². The highest BCUT2D eigenvalue weighted by atomic mass is 16.3.